The fourth-order valence-corrected chi connectivity index (χ4v) is 4.11. The number of hydrogen-bond donors (Lipinski definition) is 4. The van der Waals surface area contributed by atoms with E-state index in [1.54, 1.807) is 30.3 Å². The number of ether oxygens (including phenoxy) is 1. The third-order valence-corrected chi connectivity index (χ3v) is 6.14. The predicted octanol–water partition coefficient (Wildman–Crippen LogP) is 2.16. The van der Waals surface area contributed by atoms with E-state index < -0.39 is 28.0 Å². The summed E-state index contributed by atoms with van der Waals surface area (Å²) in [6, 6.07) is 18.2. The molecule has 0 aliphatic rings. The minimum atomic E-state index is -4.15. The molecule has 0 unspecified atom stereocenters. The standard InChI is InChI=1S/C23H21N3O6S/c24-21(25)16-6-10-18(11-7-16)32-23(29)17-8-12-19(13-9-17)33(30,31)26-20(22(27)28)14-15-4-2-1-3-5-15/h1-13,20,26H,14H2,(H3,24,25)(H,27,28)/t20-/m0/s1. The minimum absolute atomic E-state index is 0.0256. The summed E-state index contributed by atoms with van der Waals surface area (Å²) in [4.78, 5) is 23.7. The Morgan fingerprint density at radius 3 is 2.06 bits per heavy atom. The number of carboxylic acids is 1. The number of hydrogen-bond acceptors (Lipinski definition) is 6. The summed E-state index contributed by atoms with van der Waals surface area (Å²) >= 11 is 0. The van der Waals surface area contributed by atoms with Gasteiger partial charge in [0.05, 0.1) is 10.5 Å². The van der Waals surface area contributed by atoms with Gasteiger partial charge in [-0.05, 0) is 60.5 Å². The average molecular weight is 468 g/mol. The lowest BCUT2D eigenvalue weighted by molar-refractivity contribution is -0.138. The van der Waals surface area contributed by atoms with Gasteiger partial charge in [0.2, 0.25) is 10.0 Å². The molecule has 170 valence electrons. The molecule has 0 saturated carbocycles. The Kier molecular flexibility index (Phi) is 7.21. The fourth-order valence-electron chi connectivity index (χ4n) is 2.92. The molecule has 0 saturated heterocycles. The molecule has 0 fully saturated rings. The molecule has 0 radical (unpaired) electrons. The van der Waals surface area contributed by atoms with Crippen LogP contribution in [0.4, 0.5) is 0 Å². The van der Waals surface area contributed by atoms with Gasteiger partial charge < -0.3 is 15.6 Å². The van der Waals surface area contributed by atoms with Gasteiger partial charge in [0.1, 0.15) is 17.6 Å². The Hall–Kier alpha value is -4.02. The van der Waals surface area contributed by atoms with Crippen molar-refractivity contribution in [2.45, 2.75) is 17.4 Å². The highest BCUT2D eigenvalue weighted by Crippen LogP contribution is 2.17. The largest absolute Gasteiger partial charge is 0.480 e. The predicted molar refractivity (Wildman–Crippen MR) is 121 cm³/mol. The molecule has 3 rings (SSSR count). The van der Waals surface area contributed by atoms with Crippen LogP contribution in [-0.2, 0) is 21.2 Å². The van der Waals surface area contributed by atoms with E-state index in [-0.39, 0.29) is 28.5 Å². The van der Waals surface area contributed by atoms with E-state index in [4.69, 9.17) is 15.9 Å². The number of amidine groups is 1. The summed E-state index contributed by atoms with van der Waals surface area (Å²) in [6.45, 7) is 0. The van der Waals surface area contributed by atoms with Crippen LogP contribution in [0.25, 0.3) is 0 Å². The molecule has 5 N–H and O–H groups in total. The van der Waals surface area contributed by atoms with Crippen molar-refractivity contribution in [2.75, 3.05) is 0 Å². The van der Waals surface area contributed by atoms with Crippen molar-refractivity contribution in [1.82, 2.24) is 4.72 Å². The monoisotopic (exact) mass is 467 g/mol. The molecule has 33 heavy (non-hydrogen) atoms. The van der Waals surface area contributed by atoms with Gasteiger partial charge in [-0.25, -0.2) is 13.2 Å². The number of benzene rings is 3. The number of carbonyl (C=O) groups excluding carboxylic acids is 1. The van der Waals surface area contributed by atoms with E-state index in [9.17, 15) is 23.1 Å². The highest BCUT2D eigenvalue weighted by atomic mass is 32.2. The molecular formula is C23H21N3O6S. The van der Waals surface area contributed by atoms with E-state index in [1.807, 2.05) is 0 Å². The molecule has 0 aliphatic carbocycles. The molecular weight excluding hydrogens is 446 g/mol. The Balaban J connectivity index is 1.70. The summed E-state index contributed by atoms with van der Waals surface area (Å²) in [5, 5.41) is 16.8. The number of rotatable bonds is 9. The second kappa shape index (κ2) is 10.1. The van der Waals surface area contributed by atoms with E-state index >= 15 is 0 Å². The molecule has 0 aliphatic heterocycles. The zero-order valence-electron chi connectivity index (χ0n) is 17.3. The molecule has 10 heteroatoms. The third kappa shape index (κ3) is 6.25. The van der Waals surface area contributed by atoms with Crippen LogP contribution < -0.4 is 15.2 Å². The van der Waals surface area contributed by atoms with E-state index in [1.165, 1.54) is 48.5 Å². The quantitative estimate of drug-likeness (QED) is 0.162. The minimum Gasteiger partial charge on any atom is -0.480 e. The average Bonchev–Trinajstić information content (AvgIpc) is 2.79. The number of aliphatic carboxylic acids is 1. The van der Waals surface area contributed by atoms with Crippen LogP contribution in [0, 0.1) is 5.41 Å². The number of carboxylic acid groups (broad SMARTS) is 1. The zero-order chi connectivity index (χ0) is 24.0. The lowest BCUT2D eigenvalue weighted by Gasteiger charge is -2.15. The summed E-state index contributed by atoms with van der Waals surface area (Å²) in [7, 11) is -4.15. The first-order valence-electron chi connectivity index (χ1n) is 9.71. The first-order chi connectivity index (χ1) is 15.7. The highest BCUT2D eigenvalue weighted by Gasteiger charge is 2.26. The summed E-state index contributed by atoms with van der Waals surface area (Å²) in [5.41, 5.74) is 6.62. The Labute approximate surface area is 190 Å². The van der Waals surface area contributed by atoms with Crippen LogP contribution in [0.5, 0.6) is 5.75 Å². The smallest absolute Gasteiger partial charge is 0.343 e. The molecule has 0 bridgehead atoms. The van der Waals surface area contributed by atoms with Crippen molar-refractivity contribution in [1.29, 1.82) is 5.41 Å². The first-order valence-corrected chi connectivity index (χ1v) is 11.2. The van der Waals surface area contributed by atoms with Crippen LogP contribution >= 0.6 is 0 Å². The van der Waals surface area contributed by atoms with Gasteiger partial charge in [-0.3, -0.25) is 10.2 Å². The highest BCUT2D eigenvalue weighted by molar-refractivity contribution is 7.89. The van der Waals surface area contributed by atoms with Crippen molar-refractivity contribution >= 4 is 27.8 Å². The van der Waals surface area contributed by atoms with Gasteiger partial charge in [0.15, 0.2) is 0 Å². The molecule has 0 amide bonds. The maximum atomic E-state index is 12.7. The van der Waals surface area contributed by atoms with Gasteiger partial charge in [-0.2, -0.15) is 4.72 Å². The topological polar surface area (TPSA) is 160 Å². The van der Waals surface area contributed by atoms with Gasteiger partial charge in [0.25, 0.3) is 0 Å². The van der Waals surface area contributed by atoms with Gasteiger partial charge in [-0.15, -0.1) is 0 Å². The molecule has 9 nitrogen and oxygen atoms in total. The molecule has 3 aromatic rings. The van der Waals surface area contributed by atoms with Gasteiger partial charge in [-0.1, -0.05) is 30.3 Å². The van der Waals surface area contributed by atoms with Gasteiger partial charge >= 0.3 is 11.9 Å². The van der Waals surface area contributed by atoms with Crippen LogP contribution in [-0.4, -0.2) is 37.3 Å². The third-order valence-electron chi connectivity index (χ3n) is 4.65. The number of nitrogens with one attached hydrogen (secondary N) is 2. The second-order valence-electron chi connectivity index (χ2n) is 7.05. The van der Waals surface area contributed by atoms with E-state index in [2.05, 4.69) is 4.72 Å². The van der Waals surface area contributed by atoms with Crippen LogP contribution in [0.3, 0.4) is 0 Å². The molecule has 0 heterocycles. The first kappa shape index (κ1) is 23.6. The normalized spacial score (nSPS) is 12.0. The number of esters is 1. The molecule has 0 aromatic heterocycles. The lowest BCUT2D eigenvalue weighted by atomic mass is 10.1. The zero-order valence-corrected chi connectivity index (χ0v) is 18.1. The van der Waals surface area contributed by atoms with Crippen molar-refractivity contribution in [3.8, 4) is 5.75 Å². The van der Waals surface area contributed by atoms with Crippen LogP contribution in [0.15, 0.2) is 83.8 Å². The Morgan fingerprint density at radius 2 is 1.52 bits per heavy atom. The number of nitrogens with two attached hydrogens (primary N) is 1. The SMILES string of the molecule is N=C(N)c1ccc(OC(=O)c2ccc(S(=O)(=O)N[C@@H](Cc3ccccc3)C(=O)O)cc2)cc1. The van der Waals surface area contributed by atoms with Crippen molar-refractivity contribution < 1.29 is 27.9 Å². The summed E-state index contributed by atoms with van der Waals surface area (Å²) in [5.74, 6) is -1.91. The number of nitrogen functional groups attached to an aromatic ring is 1. The fraction of sp³-hybridized carbons (Fsp3) is 0.0870. The van der Waals surface area contributed by atoms with Crippen molar-refractivity contribution in [2.24, 2.45) is 5.73 Å². The summed E-state index contributed by atoms with van der Waals surface area (Å²) in [6.07, 6.45) is -0.0256. The van der Waals surface area contributed by atoms with Crippen molar-refractivity contribution in [3.63, 3.8) is 0 Å². The van der Waals surface area contributed by atoms with Gasteiger partial charge in [0, 0.05) is 5.56 Å². The van der Waals surface area contributed by atoms with E-state index in [0.29, 0.717) is 11.1 Å². The number of carbonyl (C=O) groups is 2. The molecule has 0 spiro atoms. The van der Waals surface area contributed by atoms with Crippen molar-refractivity contribution in [3.05, 3.63) is 95.6 Å². The second-order valence-corrected chi connectivity index (χ2v) is 8.77. The lowest BCUT2D eigenvalue weighted by Crippen LogP contribution is -2.42. The maximum absolute atomic E-state index is 12.7. The molecule has 1 atom stereocenters. The summed E-state index contributed by atoms with van der Waals surface area (Å²) < 4.78 is 32.8. The van der Waals surface area contributed by atoms with Crippen LogP contribution in [0.1, 0.15) is 21.5 Å². The molecule has 3 aromatic carbocycles. The number of sulfonamides is 1. The van der Waals surface area contributed by atoms with Crippen LogP contribution in [0.2, 0.25) is 0 Å². The maximum Gasteiger partial charge on any atom is 0.343 e. The Bertz CT molecular complexity index is 1260. The van der Waals surface area contributed by atoms with E-state index in [0.717, 1.165) is 0 Å². The Morgan fingerprint density at radius 1 is 0.939 bits per heavy atom.